The Kier molecular flexibility index (Phi) is 7.86. The molecule has 1 atom stereocenters. The van der Waals surface area contributed by atoms with Gasteiger partial charge in [0.15, 0.2) is 0 Å². The normalized spacial score (nSPS) is 16.6. The largest absolute Gasteiger partial charge is 0.376 e. The Morgan fingerprint density at radius 1 is 1.13 bits per heavy atom. The van der Waals surface area contributed by atoms with Gasteiger partial charge < -0.3 is 10.1 Å². The van der Waals surface area contributed by atoms with Gasteiger partial charge in [0.05, 0.1) is 17.5 Å². The fraction of sp³-hybridized carbons (Fsp3) is 0.458. The van der Waals surface area contributed by atoms with Crippen LogP contribution in [0.4, 0.5) is 0 Å². The number of amides is 1. The highest BCUT2D eigenvalue weighted by Gasteiger charge is 2.30. The molecule has 0 saturated carbocycles. The van der Waals surface area contributed by atoms with E-state index in [1.54, 1.807) is 13.8 Å². The molecule has 1 amide bonds. The zero-order valence-corrected chi connectivity index (χ0v) is 19.4. The topological polar surface area (TPSA) is 75.7 Å². The Hall–Kier alpha value is -2.22. The molecule has 0 radical (unpaired) electrons. The van der Waals surface area contributed by atoms with E-state index in [4.69, 9.17) is 4.74 Å². The molecule has 1 heterocycles. The standard InChI is InChI=1S/C24H32N2O4S/c1-18-14-19(2)24(20(3)15-18)31(28,29)26(12-11-21-8-5-4-6-9-21)17-23(27)25-16-22-10-7-13-30-22/h4-6,8-9,14-15,22H,7,10-13,16-17H2,1-3H3,(H,25,27)/t22-/m0/s1. The Balaban J connectivity index is 1.80. The van der Waals surface area contributed by atoms with Gasteiger partial charge in [-0.3, -0.25) is 4.79 Å². The van der Waals surface area contributed by atoms with Crippen LogP contribution in [0.3, 0.4) is 0 Å². The predicted octanol–water partition coefficient (Wildman–Crippen LogP) is 3.14. The van der Waals surface area contributed by atoms with Crippen LogP contribution in [-0.4, -0.2) is 51.0 Å². The van der Waals surface area contributed by atoms with Crippen molar-refractivity contribution in [2.75, 3.05) is 26.2 Å². The maximum atomic E-state index is 13.6. The number of nitrogens with zero attached hydrogens (tertiary/aromatic N) is 1. The lowest BCUT2D eigenvalue weighted by molar-refractivity contribution is -0.121. The highest BCUT2D eigenvalue weighted by Crippen LogP contribution is 2.25. The maximum Gasteiger partial charge on any atom is 0.244 e. The average molecular weight is 445 g/mol. The van der Waals surface area contributed by atoms with Gasteiger partial charge in [0.1, 0.15) is 0 Å². The first kappa shape index (κ1) is 23.4. The first-order chi connectivity index (χ1) is 14.8. The first-order valence-corrected chi connectivity index (χ1v) is 12.2. The summed E-state index contributed by atoms with van der Waals surface area (Å²) in [5, 5.41) is 2.85. The van der Waals surface area contributed by atoms with Crippen LogP contribution in [0.2, 0.25) is 0 Å². The van der Waals surface area contributed by atoms with E-state index in [1.165, 1.54) is 4.31 Å². The Morgan fingerprint density at radius 3 is 2.42 bits per heavy atom. The van der Waals surface area contributed by atoms with Crippen LogP contribution < -0.4 is 5.32 Å². The smallest absolute Gasteiger partial charge is 0.244 e. The second-order valence-corrected chi connectivity index (χ2v) is 10.1. The maximum absolute atomic E-state index is 13.6. The van der Waals surface area contributed by atoms with Gasteiger partial charge in [-0.15, -0.1) is 0 Å². The number of hydrogen-bond acceptors (Lipinski definition) is 4. The average Bonchev–Trinajstić information content (AvgIpc) is 3.23. The summed E-state index contributed by atoms with van der Waals surface area (Å²) in [5.74, 6) is -0.311. The molecule has 6 nitrogen and oxygen atoms in total. The number of rotatable bonds is 9. The van der Waals surface area contributed by atoms with Gasteiger partial charge >= 0.3 is 0 Å². The molecule has 0 unspecified atom stereocenters. The van der Waals surface area contributed by atoms with E-state index in [-0.39, 0.29) is 30.0 Å². The van der Waals surface area contributed by atoms with E-state index in [0.717, 1.165) is 24.0 Å². The quantitative estimate of drug-likeness (QED) is 0.645. The number of ether oxygens (including phenoxy) is 1. The molecule has 1 aliphatic rings. The molecule has 1 N–H and O–H groups in total. The lowest BCUT2D eigenvalue weighted by Gasteiger charge is -2.24. The highest BCUT2D eigenvalue weighted by atomic mass is 32.2. The second kappa shape index (κ2) is 10.4. The fourth-order valence-electron chi connectivity index (χ4n) is 4.13. The minimum atomic E-state index is -3.84. The van der Waals surface area contributed by atoms with Crippen LogP contribution in [0.5, 0.6) is 0 Å². The summed E-state index contributed by atoms with van der Waals surface area (Å²) in [6, 6.07) is 13.4. The summed E-state index contributed by atoms with van der Waals surface area (Å²) in [4.78, 5) is 12.9. The SMILES string of the molecule is Cc1cc(C)c(S(=O)(=O)N(CCc2ccccc2)CC(=O)NC[C@@H]2CCCO2)c(C)c1. The minimum absolute atomic E-state index is 0.0138. The Morgan fingerprint density at radius 2 is 1.81 bits per heavy atom. The minimum Gasteiger partial charge on any atom is -0.376 e. The summed E-state index contributed by atoms with van der Waals surface area (Å²) in [6.45, 7) is 6.70. The Labute approximate surface area is 185 Å². The summed E-state index contributed by atoms with van der Waals surface area (Å²) < 4.78 is 34.1. The number of carbonyl (C=O) groups excluding carboxylic acids is 1. The Bertz CT molecular complexity index is 976. The molecule has 7 heteroatoms. The third-order valence-electron chi connectivity index (χ3n) is 5.57. The third-order valence-corrected chi connectivity index (χ3v) is 7.72. The zero-order valence-electron chi connectivity index (χ0n) is 18.6. The monoisotopic (exact) mass is 444 g/mol. The van der Waals surface area contributed by atoms with Gasteiger partial charge in [0.2, 0.25) is 15.9 Å². The van der Waals surface area contributed by atoms with Crippen molar-refractivity contribution in [3.63, 3.8) is 0 Å². The van der Waals surface area contributed by atoms with Gasteiger partial charge in [-0.1, -0.05) is 48.0 Å². The number of nitrogens with one attached hydrogen (secondary N) is 1. The van der Waals surface area contributed by atoms with Crippen LogP contribution in [0.25, 0.3) is 0 Å². The van der Waals surface area contributed by atoms with Crippen molar-refractivity contribution in [1.29, 1.82) is 0 Å². The van der Waals surface area contributed by atoms with Crippen molar-refractivity contribution in [3.05, 3.63) is 64.7 Å². The summed E-state index contributed by atoms with van der Waals surface area (Å²) in [5.41, 5.74) is 3.43. The molecule has 3 rings (SSSR count). The van der Waals surface area contributed by atoms with E-state index in [1.807, 2.05) is 49.4 Å². The molecule has 0 aliphatic carbocycles. The summed E-state index contributed by atoms with van der Waals surface area (Å²) in [6.07, 6.45) is 2.45. The molecule has 0 aromatic heterocycles. The molecule has 1 fully saturated rings. The second-order valence-electron chi connectivity index (χ2n) is 8.24. The van der Waals surface area contributed by atoms with Gasteiger partial charge in [0.25, 0.3) is 0 Å². The van der Waals surface area contributed by atoms with Gasteiger partial charge in [0, 0.05) is 19.7 Å². The van der Waals surface area contributed by atoms with Gasteiger partial charge in [-0.25, -0.2) is 8.42 Å². The molecule has 31 heavy (non-hydrogen) atoms. The predicted molar refractivity (Wildman–Crippen MR) is 122 cm³/mol. The zero-order chi connectivity index (χ0) is 22.4. The molecule has 2 aromatic carbocycles. The van der Waals surface area contributed by atoms with E-state index < -0.39 is 10.0 Å². The van der Waals surface area contributed by atoms with Crippen LogP contribution in [-0.2, 0) is 26.0 Å². The molecule has 0 spiro atoms. The van der Waals surface area contributed by atoms with Crippen molar-refractivity contribution in [3.8, 4) is 0 Å². The number of benzene rings is 2. The van der Waals surface area contributed by atoms with Crippen LogP contribution >= 0.6 is 0 Å². The number of aryl methyl sites for hydroxylation is 3. The van der Waals surface area contributed by atoms with Crippen molar-refractivity contribution < 1.29 is 17.9 Å². The molecule has 1 saturated heterocycles. The fourth-order valence-corrected chi connectivity index (χ4v) is 5.94. The summed E-state index contributed by atoms with van der Waals surface area (Å²) in [7, 11) is -3.84. The van der Waals surface area contributed by atoms with Crippen LogP contribution in [0.15, 0.2) is 47.4 Å². The van der Waals surface area contributed by atoms with E-state index in [0.29, 0.717) is 30.7 Å². The number of carbonyl (C=O) groups is 1. The van der Waals surface area contributed by atoms with Crippen molar-refractivity contribution >= 4 is 15.9 Å². The van der Waals surface area contributed by atoms with E-state index >= 15 is 0 Å². The van der Waals surface area contributed by atoms with Gasteiger partial charge in [-0.05, 0) is 56.7 Å². The van der Waals surface area contributed by atoms with Crippen LogP contribution in [0, 0.1) is 20.8 Å². The van der Waals surface area contributed by atoms with E-state index in [9.17, 15) is 13.2 Å². The molecular formula is C24H32N2O4S. The van der Waals surface area contributed by atoms with Crippen molar-refractivity contribution in [2.45, 2.75) is 51.0 Å². The third kappa shape index (κ3) is 6.15. The van der Waals surface area contributed by atoms with E-state index in [2.05, 4.69) is 5.32 Å². The highest BCUT2D eigenvalue weighted by molar-refractivity contribution is 7.89. The molecule has 2 aromatic rings. The van der Waals surface area contributed by atoms with Crippen molar-refractivity contribution in [2.24, 2.45) is 0 Å². The lowest BCUT2D eigenvalue weighted by Crippen LogP contribution is -2.43. The lowest BCUT2D eigenvalue weighted by atomic mass is 10.1. The molecule has 0 bridgehead atoms. The molecule has 168 valence electrons. The molecule has 1 aliphatic heterocycles. The van der Waals surface area contributed by atoms with Gasteiger partial charge in [-0.2, -0.15) is 4.31 Å². The number of hydrogen-bond donors (Lipinski definition) is 1. The van der Waals surface area contributed by atoms with Crippen LogP contribution in [0.1, 0.15) is 35.1 Å². The first-order valence-electron chi connectivity index (χ1n) is 10.8. The number of sulfonamides is 1. The summed E-state index contributed by atoms with van der Waals surface area (Å²) >= 11 is 0. The van der Waals surface area contributed by atoms with Crippen molar-refractivity contribution in [1.82, 2.24) is 9.62 Å². The molecular weight excluding hydrogens is 412 g/mol.